The minimum absolute atomic E-state index is 0.0196. The highest BCUT2D eigenvalue weighted by Gasteiger charge is 2.18. The van der Waals surface area contributed by atoms with Crippen molar-refractivity contribution < 1.29 is 14.6 Å². The van der Waals surface area contributed by atoms with Crippen LogP contribution in [0.3, 0.4) is 0 Å². The predicted octanol–water partition coefficient (Wildman–Crippen LogP) is 3.49. The van der Waals surface area contributed by atoms with Crippen molar-refractivity contribution in [2.45, 2.75) is 13.8 Å². The molecule has 0 saturated carbocycles. The van der Waals surface area contributed by atoms with E-state index in [-0.39, 0.29) is 17.1 Å². The van der Waals surface area contributed by atoms with E-state index in [1.165, 1.54) is 6.07 Å². The Balaban J connectivity index is 2.41. The van der Waals surface area contributed by atoms with Crippen LogP contribution in [0.2, 0.25) is 0 Å². The molecule has 1 aromatic heterocycles. The number of phenolic OH excluding ortho intramolecular Hbond substituents is 1. The van der Waals surface area contributed by atoms with E-state index in [0.717, 1.165) is 11.1 Å². The molecule has 4 heteroatoms. The summed E-state index contributed by atoms with van der Waals surface area (Å²) in [6, 6.07) is 9.86. The Morgan fingerprint density at radius 1 is 1.00 bits per heavy atom. The molecule has 0 saturated heterocycles. The average molecular weight is 282 g/mol. The van der Waals surface area contributed by atoms with E-state index >= 15 is 0 Å². The number of hydrogen-bond acceptors (Lipinski definition) is 4. The quantitative estimate of drug-likeness (QED) is 0.716. The lowest BCUT2D eigenvalue weighted by molar-refractivity contribution is 0.443. The van der Waals surface area contributed by atoms with Gasteiger partial charge in [0.1, 0.15) is 11.3 Å². The molecule has 0 aliphatic rings. The summed E-state index contributed by atoms with van der Waals surface area (Å²) < 4.78 is 5.67. The van der Waals surface area contributed by atoms with Gasteiger partial charge in [0.2, 0.25) is 11.2 Å². The van der Waals surface area contributed by atoms with Gasteiger partial charge in [-0.1, -0.05) is 12.1 Å². The number of para-hydroxylation sites is 1. The Morgan fingerprint density at radius 2 is 1.67 bits per heavy atom. The van der Waals surface area contributed by atoms with Gasteiger partial charge in [-0.2, -0.15) is 0 Å². The molecule has 106 valence electrons. The lowest BCUT2D eigenvalue weighted by Crippen LogP contribution is -2.03. The predicted molar refractivity (Wildman–Crippen MR) is 80.7 cm³/mol. The van der Waals surface area contributed by atoms with Gasteiger partial charge in [0.25, 0.3) is 0 Å². The number of fused-ring (bicyclic) bond motifs is 1. The first-order chi connectivity index (χ1) is 9.99. The van der Waals surface area contributed by atoms with Crippen LogP contribution < -0.4 is 5.43 Å². The van der Waals surface area contributed by atoms with Gasteiger partial charge in [-0.25, -0.2) is 0 Å². The van der Waals surface area contributed by atoms with Crippen LogP contribution in [0, 0.1) is 13.8 Å². The largest absolute Gasteiger partial charge is 0.507 e. The number of aromatic hydroxyl groups is 2. The van der Waals surface area contributed by atoms with Crippen LogP contribution in [0.4, 0.5) is 0 Å². The molecule has 2 aromatic carbocycles. The van der Waals surface area contributed by atoms with Crippen molar-refractivity contribution in [2.24, 2.45) is 0 Å². The lowest BCUT2D eigenvalue weighted by atomic mass is 10.0. The maximum Gasteiger partial charge on any atom is 0.235 e. The van der Waals surface area contributed by atoms with E-state index in [4.69, 9.17) is 4.42 Å². The Labute approximate surface area is 120 Å². The first-order valence-electron chi connectivity index (χ1n) is 6.54. The third kappa shape index (κ3) is 2.05. The summed E-state index contributed by atoms with van der Waals surface area (Å²) in [5.74, 6) is -0.569. The van der Waals surface area contributed by atoms with E-state index < -0.39 is 11.2 Å². The van der Waals surface area contributed by atoms with Crippen molar-refractivity contribution in [3.05, 3.63) is 57.7 Å². The van der Waals surface area contributed by atoms with Crippen LogP contribution >= 0.6 is 0 Å². The zero-order chi connectivity index (χ0) is 15.1. The molecule has 0 unspecified atom stereocenters. The minimum Gasteiger partial charge on any atom is -0.507 e. The second-order valence-corrected chi connectivity index (χ2v) is 5.06. The summed E-state index contributed by atoms with van der Waals surface area (Å²) in [7, 11) is 0. The Bertz CT molecular complexity index is 907. The molecule has 0 aliphatic heterocycles. The van der Waals surface area contributed by atoms with Crippen molar-refractivity contribution in [2.75, 3.05) is 0 Å². The highest BCUT2D eigenvalue weighted by atomic mass is 16.4. The first kappa shape index (κ1) is 13.2. The van der Waals surface area contributed by atoms with Gasteiger partial charge in [-0.3, -0.25) is 4.79 Å². The summed E-state index contributed by atoms with van der Waals surface area (Å²) in [5, 5.41) is 20.3. The van der Waals surface area contributed by atoms with Gasteiger partial charge >= 0.3 is 0 Å². The van der Waals surface area contributed by atoms with Crippen molar-refractivity contribution in [3.63, 3.8) is 0 Å². The number of phenols is 1. The van der Waals surface area contributed by atoms with E-state index in [9.17, 15) is 15.0 Å². The second-order valence-electron chi connectivity index (χ2n) is 5.06. The van der Waals surface area contributed by atoms with E-state index in [1.807, 2.05) is 13.8 Å². The fourth-order valence-electron chi connectivity index (χ4n) is 2.29. The molecule has 0 fully saturated rings. The molecule has 0 amide bonds. The smallest absolute Gasteiger partial charge is 0.235 e. The van der Waals surface area contributed by atoms with Crippen LogP contribution in [-0.4, -0.2) is 10.2 Å². The van der Waals surface area contributed by atoms with Gasteiger partial charge in [0.15, 0.2) is 5.76 Å². The maximum absolute atomic E-state index is 12.3. The van der Waals surface area contributed by atoms with Crippen LogP contribution in [0.25, 0.3) is 22.3 Å². The second kappa shape index (κ2) is 4.66. The topological polar surface area (TPSA) is 70.7 Å². The van der Waals surface area contributed by atoms with Crippen molar-refractivity contribution in [3.8, 4) is 22.8 Å². The molecule has 21 heavy (non-hydrogen) atoms. The molecule has 0 spiro atoms. The van der Waals surface area contributed by atoms with Gasteiger partial charge in [-0.15, -0.1) is 0 Å². The summed E-state index contributed by atoms with van der Waals surface area (Å²) >= 11 is 0. The standard InChI is InChI=1S/C17H14O4/c1-9-7-12-14(8-10(9)2)21-17(16(20)15(12)19)11-5-3-4-6-13(11)18/h3-8,18,20H,1-2H3. The summed E-state index contributed by atoms with van der Waals surface area (Å²) in [6.45, 7) is 3.81. The number of benzene rings is 2. The molecule has 0 radical (unpaired) electrons. The van der Waals surface area contributed by atoms with E-state index in [2.05, 4.69) is 0 Å². The van der Waals surface area contributed by atoms with E-state index in [0.29, 0.717) is 11.0 Å². The Morgan fingerprint density at radius 3 is 2.38 bits per heavy atom. The molecular weight excluding hydrogens is 268 g/mol. The number of rotatable bonds is 1. The van der Waals surface area contributed by atoms with Crippen LogP contribution in [0.1, 0.15) is 11.1 Å². The van der Waals surface area contributed by atoms with Crippen LogP contribution in [-0.2, 0) is 0 Å². The molecule has 0 bridgehead atoms. The van der Waals surface area contributed by atoms with Gasteiger partial charge in [0.05, 0.1) is 10.9 Å². The SMILES string of the molecule is Cc1cc2oc(-c3ccccc3O)c(O)c(=O)c2cc1C. The Kier molecular flexibility index (Phi) is 2.94. The normalized spacial score (nSPS) is 11.0. The fraction of sp³-hybridized carbons (Fsp3) is 0.118. The van der Waals surface area contributed by atoms with E-state index in [1.54, 1.807) is 30.3 Å². The highest BCUT2D eigenvalue weighted by Crippen LogP contribution is 2.35. The van der Waals surface area contributed by atoms with Crippen molar-refractivity contribution in [1.82, 2.24) is 0 Å². The highest BCUT2D eigenvalue weighted by molar-refractivity contribution is 5.84. The maximum atomic E-state index is 12.3. The molecule has 0 aliphatic carbocycles. The van der Waals surface area contributed by atoms with Gasteiger partial charge < -0.3 is 14.6 Å². The fourth-order valence-corrected chi connectivity index (χ4v) is 2.29. The van der Waals surface area contributed by atoms with Crippen LogP contribution in [0.15, 0.2) is 45.6 Å². The number of hydrogen-bond donors (Lipinski definition) is 2. The first-order valence-corrected chi connectivity index (χ1v) is 6.54. The Hall–Kier alpha value is -2.75. The van der Waals surface area contributed by atoms with Crippen molar-refractivity contribution >= 4 is 11.0 Å². The molecule has 3 rings (SSSR count). The monoisotopic (exact) mass is 282 g/mol. The summed E-state index contributed by atoms with van der Waals surface area (Å²) in [4.78, 5) is 12.3. The third-order valence-corrected chi connectivity index (χ3v) is 3.63. The summed E-state index contributed by atoms with van der Waals surface area (Å²) in [5.41, 5.74) is 2.10. The van der Waals surface area contributed by atoms with Gasteiger partial charge in [0, 0.05) is 0 Å². The lowest BCUT2D eigenvalue weighted by Gasteiger charge is -2.09. The number of aryl methyl sites for hydroxylation is 2. The zero-order valence-corrected chi connectivity index (χ0v) is 11.7. The molecule has 4 nitrogen and oxygen atoms in total. The molecule has 3 aromatic rings. The van der Waals surface area contributed by atoms with Crippen molar-refractivity contribution in [1.29, 1.82) is 0 Å². The molecular formula is C17H14O4. The molecule has 1 heterocycles. The molecule has 0 atom stereocenters. The minimum atomic E-state index is -0.502. The third-order valence-electron chi connectivity index (χ3n) is 3.63. The van der Waals surface area contributed by atoms with Gasteiger partial charge in [-0.05, 0) is 49.2 Å². The van der Waals surface area contributed by atoms with Crippen LogP contribution in [0.5, 0.6) is 11.5 Å². The zero-order valence-electron chi connectivity index (χ0n) is 11.7. The molecule has 2 N–H and O–H groups in total. The summed E-state index contributed by atoms with van der Waals surface area (Å²) in [6.07, 6.45) is 0. The average Bonchev–Trinajstić information content (AvgIpc) is 2.46.